The van der Waals surface area contributed by atoms with E-state index in [1.165, 1.54) is 18.9 Å². The van der Waals surface area contributed by atoms with E-state index in [0.717, 1.165) is 23.6 Å². The fourth-order valence-electron chi connectivity index (χ4n) is 2.18. The highest BCUT2D eigenvalue weighted by Gasteiger charge is 2.21. The molecule has 0 bridgehead atoms. The van der Waals surface area contributed by atoms with Crippen LogP contribution in [0.3, 0.4) is 0 Å². The van der Waals surface area contributed by atoms with Crippen LogP contribution in [-0.2, 0) is 13.2 Å². The van der Waals surface area contributed by atoms with Crippen LogP contribution in [0.4, 0.5) is 4.39 Å². The highest BCUT2D eigenvalue weighted by Crippen LogP contribution is 2.22. The summed E-state index contributed by atoms with van der Waals surface area (Å²) in [7, 11) is 0. The number of hydrogen-bond acceptors (Lipinski definition) is 3. The van der Waals surface area contributed by atoms with E-state index >= 15 is 0 Å². The smallest absolute Gasteiger partial charge is 0.146 e. The number of benzene rings is 1. The van der Waals surface area contributed by atoms with Crippen molar-refractivity contribution in [2.24, 2.45) is 0 Å². The van der Waals surface area contributed by atoms with Gasteiger partial charge in [0.05, 0.1) is 6.54 Å². The lowest BCUT2D eigenvalue weighted by Gasteiger charge is -2.05. The van der Waals surface area contributed by atoms with Crippen molar-refractivity contribution in [3.8, 4) is 5.75 Å². The average molecular weight is 289 g/mol. The van der Waals surface area contributed by atoms with Gasteiger partial charge in [-0.2, -0.15) is 0 Å². The molecular formula is C17H20FNO2. The molecule has 3 nitrogen and oxygen atoms in total. The van der Waals surface area contributed by atoms with Gasteiger partial charge in [0.15, 0.2) is 0 Å². The van der Waals surface area contributed by atoms with Crippen molar-refractivity contribution < 1.29 is 13.5 Å². The topological polar surface area (TPSA) is 34.4 Å². The zero-order valence-electron chi connectivity index (χ0n) is 12.4. The lowest BCUT2D eigenvalue weighted by molar-refractivity contribution is 0.264. The van der Waals surface area contributed by atoms with Gasteiger partial charge in [-0.1, -0.05) is 6.07 Å². The number of hydrogen-bond donors (Lipinski definition) is 1. The van der Waals surface area contributed by atoms with Crippen LogP contribution < -0.4 is 10.1 Å². The second kappa shape index (κ2) is 5.90. The van der Waals surface area contributed by atoms with Crippen molar-refractivity contribution in [2.75, 3.05) is 0 Å². The summed E-state index contributed by atoms with van der Waals surface area (Å²) in [6.07, 6.45) is 2.52. The number of ether oxygens (including phenoxy) is 1. The number of aryl methyl sites for hydroxylation is 2. The first-order chi connectivity index (χ1) is 10.1. The molecule has 1 fully saturated rings. The third kappa shape index (κ3) is 3.64. The van der Waals surface area contributed by atoms with Crippen molar-refractivity contribution in [1.82, 2.24) is 5.32 Å². The van der Waals surface area contributed by atoms with Gasteiger partial charge in [0.25, 0.3) is 0 Å². The summed E-state index contributed by atoms with van der Waals surface area (Å²) in [4.78, 5) is 0. The van der Waals surface area contributed by atoms with Crippen LogP contribution in [0.25, 0.3) is 0 Å². The molecule has 1 aliphatic carbocycles. The molecule has 1 heterocycles. The van der Waals surface area contributed by atoms with Crippen LogP contribution in [0.2, 0.25) is 0 Å². The summed E-state index contributed by atoms with van der Waals surface area (Å²) >= 11 is 0. The third-order valence-electron chi connectivity index (χ3n) is 3.72. The standard InChI is InChI=1S/C17H20FNO2/c1-11-3-6-14(8-16(11)18)20-10-15-7-12(2)17(21-15)9-19-13-4-5-13/h3,6-8,13,19H,4-5,9-10H2,1-2H3. The molecule has 0 aliphatic heterocycles. The second-order valence-electron chi connectivity index (χ2n) is 5.67. The Hall–Kier alpha value is -1.81. The molecule has 1 aromatic heterocycles. The van der Waals surface area contributed by atoms with E-state index in [2.05, 4.69) is 5.32 Å². The molecule has 0 saturated heterocycles. The Morgan fingerprint density at radius 2 is 2.05 bits per heavy atom. The van der Waals surface area contributed by atoms with Gasteiger partial charge >= 0.3 is 0 Å². The largest absolute Gasteiger partial charge is 0.486 e. The maximum atomic E-state index is 13.4. The van der Waals surface area contributed by atoms with E-state index < -0.39 is 0 Å². The monoisotopic (exact) mass is 289 g/mol. The van der Waals surface area contributed by atoms with E-state index in [1.54, 1.807) is 19.1 Å². The van der Waals surface area contributed by atoms with Gasteiger partial charge in [0.2, 0.25) is 0 Å². The minimum Gasteiger partial charge on any atom is -0.486 e. The van der Waals surface area contributed by atoms with E-state index in [-0.39, 0.29) is 5.82 Å². The predicted molar refractivity (Wildman–Crippen MR) is 78.8 cm³/mol. The SMILES string of the molecule is Cc1ccc(OCc2cc(C)c(CNC3CC3)o2)cc1F. The molecule has 0 atom stereocenters. The van der Waals surface area contributed by atoms with Gasteiger partial charge in [0.1, 0.15) is 29.7 Å². The lowest BCUT2D eigenvalue weighted by atomic mass is 10.2. The molecular weight excluding hydrogens is 269 g/mol. The van der Waals surface area contributed by atoms with Crippen molar-refractivity contribution in [3.63, 3.8) is 0 Å². The first-order valence-electron chi connectivity index (χ1n) is 7.32. The van der Waals surface area contributed by atoms with Gasteiger partial charge in [-0.3, -0.25) is 0 Å². The second-order valence-corrected chi connectivity index (χ2v) is 5.67. The summed E-state index contributed by atoms with van der Waals surface area (Å²) in [5.74, 6) is 1.99. The summed E-state index contributed by atoms with van der Waals surface area (Å²) in [6.45, 7) is 4.83. The van der Waals surface area contributed by atoms with Gasteiger partial charge < -0.3 is 14.5 Å². The number of halogens is 1. The van der Waals surface area contributed by atoms with Crippen molar-refractivity contribution >= 4 is 0 Å². The number of nitrogens with one attached hydrogen (secondary N) is 1. The third-order valence-corrected chi connectivity index (χ3v) is 3.72. The van der Waals surface area contributed by atoms with E-state index in [0.29, 0.717) is 24.0 Å². The Bertz CT molecular complexity index is 632. The van der Waals surface area contributed by atoms with Gasteiger partial charge in [-0.05, 0) is 49.9 Å². The van der Waals surface area contributed by atoms with Gasteiger partial charge in [-0.15, -0.1) is 0 Å². The first-order valence-corrected chi connectivity index (χ1v) is 7.32. The lowest BCUT2D eigenvalue weighted by Crippen LogP contribution is -2.15. The fourth-order valence-corrected chi connectivity index (χ4v) is 2.18. The molecule has 1 saturated carbocycles. The van der Waals surface area contributed by atoms with Gasteiger partial charge in [-0.25, -0.2) is 4.39 Å². The Morgan fingerprint density at radius 3 is 2.76 bits per heavy atom. The number of furan rings is 1. The Kier molecular flexibility index (Phi) is 3.97. The molecule has 3 rings (SSSR count). The molecule has 0 spiro atoms. The van der Waals surface area contributed by atoms with Crippen LogP contribution >= 0.6 is 0 Å². The summed E-state index contributed by atoms with van der Waals surface area (Å²) in [5.41, 5.74) is 1.74. The summed E-state index contributed by atoms with van der Waals surface area (Å²) in [5, 5.41) is 3.43. The fraction of sp³-hybridized carbons (Fsp3) is 0.412. The molecule has 1 aliphatic rings. The highest BCUT2D eigenvalue weighted by atomic mass is 19.1. The summed E-state index contributed by atoms with van der Waals surface area (Å²) < 4.78 is 24.8. The Labute approximate surface area is 124 Å². The Balaban J connectivity index is 1.59. The molecule has 0 amide bonds. The normalized spacial score (nSPS) is 14.4. The van der Waals surface area contributed by atoms with Crippen LogP contribution in [0.15, 0.2) is 28.7 Å². The van der Waals surface area contributed by atoms with Crippen LogP contribution in [0.5, 0.6) is 5.75 Å². The van der Waals surface area contributed by atoms with E-state index in [1.807, 2.05) is 13.0 Å². The molecule has 0 radical (unpaired) electrons. The molecule has 112 valence electrons. The van der Waals surface area contributed by atoms with Crippen LogP contribution in [0, 0.1) is 19.7 Å². The maximum absolute atomic E-state index is 13.4. The highest BCUT2D eigenvalue weighted by molar-refractivity contribution is 5.28. The van der Waals surface area contributed by atoms with Crippen LogP contribution in [-0.4, -0.2) is 6.04 Å². The van der Waals surface area contributed by atoms with Gasteiger partial charge in [0, 0.05) is 12.1 Å². The zero-order valence-corrected chi connectivity index (χ0v) is 12.4. The van der Waals surface area contributed by atoms with Crippen molar-refractivity contribution in [2.45, 2.75) is 45.9 Å². The molecule has 0 unspecified atom stereocenters. The van der Waals surface area contributed by atoms with Crippen molar-refractivity contribution in [1.29, 1.82) is 0 Å². The molecule has 1 N–H and O–H groups in total. The minimum atomic E-state index is -0.252. The Morgan fingerprint density at radius 1 is 1.24 bits per heavy atom. The maximum Gasteiger partial charge on any atom is 0.146 e. The van der Waals surface area contributed by atoms with E-state index in [9.17, 15) is 4.39 Å². The molecule has 4 heteroatoms. The molecule has 21 heavy (non-hydrogen) atoms. The summed E-state index contributed by atoms with van der Waals surface area (Å²) in [6, 6.07) is 7.52. The quantitative estimate of drug-likeness (QED) is 0.876. The molecule has 1 aromatic carbocycles. The molecule has 2 aromatic rings. The van der Waals surface area contributed by atoms with E-state index in [4.69, 9.17) is 9.15 Å². The minimum absolute atomic E-state index is 0.252. The van der Waals surface area contributed by atoms with Crippen molar-refractivity contribution in [3.05, 3.63) is 52.7 Å². The number of rotatable bonds is 6. The van der Waals surface area contributed by atoms with Crippen LogP contribution in [0.1, 0.15) is 35.5 Å². The zero-order chi connectivity index (χ0) is 14.8. The first kappa shape index (κ1) is 14.1. The predicted octanol–water partition coefficient (Wildman–Crippen LogP) is 3.87. The average Bonchev–Trinajstić information content (AvgIpc) is 3.22.